The third kappa shape index (κ3) is 6.55. The van der Waals surface area contributed by atoms with Crippen LogP contribution in [0, 0.1) is 12.3 Å². The van der Waals surface area contributed by atoms with Gasteiger partial charge < -0.3 is 25.6 Å². The summed E-state index contributed by atoms with van der Waals surface area (Å²) in [6, 6.07) is 6.76. The fourth-order valence-electron chi connectivity index (χ4n) is 4.75. The molecule has 3 amide bonds. The monoisotopic (exact) mass is 527 g/mol. The smallest absolute Gasteiger partial charge is 0.251 e. The number of rotatable bonds is 7. The van der Waals surface area contributed by atoms with Crippen molar-refractivity contribution in [1.29, 1.82) is 0 Å². The number of hydrogen-bond acceptors (Lipinski definition) is 7. The number of benzene rings is 1. The number of aromatic nitrogens is 1. The lowest BCUT2D eigenvalue weighted by molar-refractivity contribution is -0.146. The minimum atomic E-state index is -0.762. The van der Waals surface area contributed by atoms with Crippen LogP contribution in [0.4, 0.5) is 0 Å². The summed E-state index contributed by atoms with van der Waals surface area (Å²) in [6.07, 6.45) is 0.713. The largest absolute Gasteiger partial charge is 0.366 e. The number of ether oxygens (including phenoxy) is 1. The van der Waals surface area contributed by atoms with Crippen molar-refractivity contribution in [3.05, 3.63) is 41.0 Å². The van der Waals surface area contributed by atoms with Crippen LogP contribution in [-0.2, 0) is 25.7 Å². The number of carbonyl (C=O) groups is 3. The predicted molar refractivity (Wildman–Crippen MR) is 143 cm³/mol. The Labute approximate surface area is 222 Å². The van der Waals surface area contributed by atoms with Crippen LogP contribution in [0.25, 0.3) is 10.4 Å². The molecule has 0 saturated carbocycles. The van der Waals surface area contributed by atoms with Crippen LogP contribution in [0.2, 0.25) is 0 Å². The Kier molecular flexibility index (Phi) is 8.61. The number of hydrogen-bond donors (Lipinski definition) is 3. The maximum atomic E-state index is 13.6. The van der Waals surface area contributed by atoms with E-state index in [0.29, 0.717) is 39.2 Å². The first kappa shape index (κ1) is 27.2. The molecule has 2 saturated heterocycles. The third-order valence-corrected chi connectivity index (χ3v) is 7.86. The molecule has 37 heavy (non-hydrogen) atoms. The summed E-state index contributed by atoms with van der Waals surface area (Å²) in [7, 11) is 0. The molecule has 2 fully saturated rings. The zero-order valence-electron chi connectivity index (χ0n) is 22.0. The lowest BCUT2D eigenvalue weighted by Crippen LogP contribution is -2.60. The van der Waals surface area contributed by atoms with E-state index in [4.69, 9.17) is 4.74 Å². The molecule has 4 rings (SSSR count). The van der Waals surface area contributed by atoms with Crippen molar-refractivity contribution in [3.63, 3.8) is 0 Å². The van der Waals surface area contributed by atoms with E-state index in [1.165, 1.54) is 0 Å². The van der Waals surface area contributed by atoms with Gasteiger partial charge >= 0.3 is 0 Å². The van der Waals surface area contributed by atoms with E-state index >= 15 is 0 Å². The summed E-state index contributed by atoms with van der Waals surface area (Å²) < 4.78 is 5.56. The van der Waals surface area contributed by atoms with Gasteiger partial charge in [-0.2, -0.15) is 0 Å². The van der Waals surface area contributed by atoms with Crippen LogP contribution in [0.5, 0.6) is 0 Å². The molecule has 10 heteroatoms. The highest BCUT2D eigenvalue weighted by molar-refractivity contribution is 7.13. The van der Waals surface area contributed by atoms with Gasteiger partial charge in [0.05, 0.1) is 22.7 Å². The van der Waals surface area contributed by atoms with Crippen molar-refractivity contribution >= 4 is 29.1 Å². The highest BCUT2D eigenvalue weighted by Gasteiger charge is 2.42. The number of nitrogens with zero attached hydrogens (tertiary/aromatic N) is 2. The standard InChI is InChI=1S/C27H37N5O4S/c1-17-22(37-16-30-17)19-9-7-18(8-10-19)14-29-24(33)20-6-5-12-32(20)26(35)23(27(2,3)4)31-25(34)21-15-28-11-13-36-21/h7-10,16,20-21,23,28H,5-6,11-15H2,1-4H3,(H,29,33)(H,31,34)/t20-,21-,23+/m0/s1. The van der Waals surface area contributed by atoms with E-state index in [1.54, 1.807) is 16.2 Å². The van der Waals surface area contributed by atoms with Crippen LogP contribution in [-0.4, -0.2) is 72.0 Å². The van der Waals surface area contributed by atoms with Gasteiger partial charge in [-0.05, 0) is 36.3 Å². The van der Waals surface area contributed by atoms with Crippen molar-refractivity contribution in [2.75, 3.05) is 26.2 Å². The van der Waals surface area contributed by atoms with Gasteiger partial charge in [-0.1, -0.05) is 45.0 Å². The van der Waals surface area contributed by atoms with E-state index in [1.807, 2.05) is 57.5 Å². The molecule has 1 aromatic heterocycles. The lowest BCUT2D eigenvalue weighted by Gasteiger charge is -2.36. The van der Waals surface area contributed by atoms with Gasteiger partial charge in [0.2, 0.25) is 11.8 Å². The topological polar surface area (TPSA) is 113 Å². The highest BCUT2D eigenvalue weighted by Crippen LogP contribution is 2.28. The molecule has 1 aromatic carbocycles. The van der Waals surface area contributed by atoms with Gasteiger partial charge in [0.25, 0.3) is 5.91 Å². The molecule has 2 aromatic rings. The number of morpholine rings is 1. The first-order valence-corrected chi connectivity index (χ1v) is 13.7. The molecule has 200 valence electrons. The SMILES string of the molecule is Cc1ncsc1-c1ccc(CNC(=O)[C@@H]2CCCN2C(=O)[C@@H](NC(=O)[C@@H]2CNCCO2)C(C)(C)C)cc1. The van der Waals surface area contributed by atoms with Gasteiger partial charge in [0.1, 0.15) is 18.2 Å². The minimum absolute atomic E-state index is 0.174. The van der Waals surface area contributed by atoms with Crippen LogP contribution in [0.15, 0.2) is 29.8 Å². The first-order valence-electron chi connectivity index (χ1n) is 12.9. The molecular formula is C27H37N5O4S. The summed E-state index contributed by atoms with van der Waals surface area (Å²) in [6.45, 7) is 10.2. The second-order valence-electron chi connectivity index (χ2n) is 10.7. The first-order chi connectivity index (χ1) is 17.6. The zero-order chi connectivity index (χ0) is 26.6. The minimum Gasteiger partial charge on any atom is -0.366 e. The van der Waals surface area contributed by atoms with Gasteiger partial charge in [-0.15, -0.1) is 11.3 Å². The molecule has 0 unspecified atom stereocenters. The average Bonchev–Trinajstić information content (AvgIpc) is 3.55. The van der Waals surface area contributed by atoms with Crippen LogP contribution < -0.4 is 16.0 Å². The molecule has 2 aliphatic rings. The molecule has 0 aliphatic carbocycles. The fourth-order valence-corrected chi connectivity index (χ4v) is 5.56. The molecule has 9 nitrogen and oxygen atoms in total. The average molecular weight is 528 g/mol. The normalized spacial score (nSPS) is 20.9. The summed E-state index contributed by atoms with van der Waals surface area (Å²) in [5, 5.41) is 9.05. The van der Waals surface area contributed by atoms with E-state index < -0.39 is 23.6 Å². The summed E-state index contributed by atoms with van der Waals surface area (Å²) >= 11 is 1.61. The van der Waals surface area contributed by atoms with Crippen molar-refractivity contribution in [3.8, 4) is 10.4 Å². The van der Waals surface area contributed by atoms with E-state index in [9.17, 15) is 14.4 Å². The van der Waals surface area contributed by atoms with E-state index in [0.717, 1.165) is 28.1 Å². The molecular weight excluding hydrogens is 490 g/mol. The summed E-state index contributed by atoms with van der Waals surface area (Å²) in [5.74, 6) is -0.712. The van der Waals surface area contributed by atoms with Crippen molar-refractivity contribution < 1.29 is 19.1 Å². The van der Waals surface area contributed by atoms with Crippen molar-refractivity contribution in [2.45, 2.75) is 65.3 Å². The zero-order valence-corrected chi connectivity index (χ0v) is 22.8. The Hall–Kier alpha value is -2.82. The van der Waals surface area contributed by atoms with Crippen LogP contribution in [0.1, 0.15) is 44.9 Å². The fraction of sp³-hybridized carbons (Fsp3) is 0.556. The molecule has 0 radical (unpaired) electrons. The Morgan fingerprint density at radius 1 is 1.22 bits per heavy atom. The number of carbonyl (C=O) groups excluding carboxylic acids is 3. The van der Waals surface area contributed by atoms with Crippen LogP contribution in [0.3, 0.4) is 0 Å². The van der Waals surface area contributed by atoms with Gasteiger partial charge in [0.15, 0.2) is 0 Å². The van der Waals surface area contributed by atoms with Crippen molar-refractivity contribution in [1.82, 2.24) is 25.8 Å². The number of nitrogens with one attached hydrogen (secondary N) is 3. The second kappa shape index (κ2) is 11.7. The maximum Gasteiger partial charge on any atom is 0.251 e. The molecule has 0 bridgehead atoms. The highest BCUT2D eigenvalue weighted by atomic mass is 32.1. The number of amides is 3. The number of aryl methyl sites for hydroxylation is 1. The van der Waals surface area contributed by atoms with Crippen LogP contribution >= 0.6 is 11.3 Å². The Morgan fingerprint density at radius 3 is 2.59 bits per heavy atom. The number of likely N-dealkylation sites (tertiary alicyclic amines) is 1. The summed E-state index contributed by atoms with van der Waals surface area (Å²) in [5.41, 5.74) is 4.40. The Bertz CT molecular complexity index is 1100. The van der Waals surface area contributed by atoms with Gasteiger partial charge in [-0.3, -0.25) is 14.4 Å². The summed E-state index contributed by atoms with van der Waals surface area (Å²) in [4.78, 5) is 46.7. The van der Waals surface area contributed by atoms with Gasteiger partial charge in [0, 0.05) is 26.2 Å². The quantitative estimate of drug-likeness (QED) is 0.509. The molecule has 3 heterocycles. The third-order valence-electron chi connectivity index (χ3n) is 6.89. The van der Waals surface area contributed by atoms with Crippen molar-refractivity contribution in [2.24, 2.45) is 5.41 Å². The van der Waals surface area contributed by atoms with Gasteiger partial charge in [-0.25, -0.2) is 4.98 Å². The molecule has 0 spiro atoms. The molecule has 3 atom stereocenters. The maximum absolute atomic E-state index is 13.6. The Balaban J connectivity index is 1.38. The second-order valence-corrected chi connectivity index (χ2v) is 11.6. The predicted octanol–water partition coefficient (Wildman–Crippen LogP) is 2.25. The molecule has 3 N–H and O–H groups in total. The molecule has 2 aliphatic heterocycles. The Morgan fingerprint density at radius 2 is 1.97 bits per heavy atom. The van der Waals surface area contributed by atoms with E-state index in [-0.39, 0.29) is 17.7 Å². The van der Waals surface area contributed by atoms with E-state index in [2.05, 4.69) is 20.9 Å². The lowest BCUT2D eigenvalue weighted by atomic mass is 9.85. The number of thiazole rings is 1.